The number of aryl methyl sites for hydroxylation is 1. The Kier molecular flexibility index (Phi) is 4.97. The number of hydrazine groups is 1. The third-order valence-corrected chi connectivity index (χ3v) is 3.76. The summed E-state index contributed by atoms with van der Waals surface area (Å²) in [5.41, 5.74) is 6.63. The van der Waals surface area contributed by atoms with Crippen LogP contribution in [0.15, 0.2) is 48.5 Å². The van der Waals surface area contributed by atoms with Crippen LogP contribution in [0.4, 0.5) is 0 Å². The number of benzene rings is 2. The van der Waals surface area contributed by atoms with E-state index in [4.69, 9.17) is 17.4 Å². The Labute approximate surface area is 119 Å². The van der Waals surface area contributed by atoms with Crippen molar-refractivity contribution < 1.29 is 0 Å². The second kappa shape index (κ2) is 6.71. The molecule has 2 rings (SSSR count). The lowest BCUT2D eigenvalue weighted by atomic mass is 9.97. The Morgan fingerprint density at radius 3 is 2.21 bits per heavy atom. The molecule has 100 valence electrons. The molecule has 1 unspecified atom stereocenters. The second-order valence-corrected chi connectivity index (χ2v) is 5.20. The van der Waals surface area contributed by atoms with Gasteiger partial charge in [0, 0.05) is 11.1 Å². The molecule has 1 atom stereocenters. The van der Waals surface area contributed by atoms with E-state index in [1.165, 1.54) is 11.1 Å². The van der Waals surface area contributed by atoms with E-state index in [0.29, 0.717) is 0 Å². The van der Waals surface area contributed by atoms with Gasteiger partial charge >= 0.3 is 0 Å². The zero-order valence-electron chi connectivity index (χ0n) is 11.1. The van der Waals surface area contributed by atoms with Crippen molar-refractivity contribution in [1.82, 2.24) is 5.43 Å². The lowest BCUT2D eigenvalue weighted by molar-refractivity contribution is 0.521. The van der Waals surface area contributed by atoms with Crippen molar-refractivity contribution in [2.75, 3.05) is 0 Å². The highest BCUT2D eigenvalue weighted by Crippen LogP contribution is 2.18. The molecule has 0 fully saturated rings. The summed E-state index contributed by atoms with van der Waals surface area (Å²) in [7, 11) is 0. The summed E-state index contributed by atoms with van der Waals surface area (Å²) in [5.74, 6) is 5.68. The molecule has 19 heavy (non-hydrogen) atoms. The van der Waals surface area contributed by atoms with Crippen LogP contribution in [0.3, 0.4) is 0 Å². The first kappa shape index (κ1) is 14.1. The SMILES string of the molecule is Cc1ccccc1CC(Cc1ccccc1Cl)NN. The highest BCUT2D eigenvalue weighted by molar-refractivity contribution is 6.31. The lowest BCUT2D eigenvalue weighted by Gasteiger charge is -2.18. The molecule has 0 amide bonds. The van der Waals surface area contributed by atoms with E-state index in [0.717, 1.165) is 23.4 Å². The van der Waals surface area contributed by atoms with Crippen LogP contribution in [0, 0.1) is 6.92 Å². The summed E-state index contributed by atoms with van der Waals surface area (Å²) in [5, 5.41) is 0.799. The summed E-state index contributed by atoms with van der Waals surface area (Å²) in [6.45, 7) is 2.12. The predicted octanol–water partition coefficient (Wildman–Crippen LogP) is 3.27. The first-order chi connectivity index (χ1) is 9.20. The summed E-state index contributed by atoms with van der Waals surface area (Å²) in [4.78, 5) is 0. The van der Waals surface area contributed by atoms with Gasteiger partial charge in [0.05, 0.1) is 0 Å². The summed E-state index contributed by atoms with van der Waals surface area (Å²) in [6, 6.07) is 16.5. The third-order valence-electron chi connectivity index (χ3n) is 3.39. The molecule has 2 aromatic rings. The average Bonchev–Trinajstić information content (AvgIpc) is 2.42. The van der Waals surface area contributed by atoms with Gasteiger partial charge < -0.3 is 0 Å². The normalized spacial score (nSPS) is 12.4. The predicted molar refractivity (Wildman–Crippen MR) is 81.2 cm³/mol. The Morgan fingerprint density at radius 2 is 1.58 bits per heavy atom. The van der Waals surface area contributed by atoms with Gasteiger partial charge in [-0.1, -0.05) is 54.1 Å². The Balaban J connectivity index is 2.09. The van der Waals surface area contributed by atoms with Crippen molar-refractivity contribution in [2.24, 2.45) is 5.84 Å². The second-order valence-electron chi connectivity index (χ2n) is 4.79. The Bertz CT molecular complexity index is 492. The van der Waals surface area contributed by atoms with Crippen LogP contribution >= 0.6 is 11.6 Å². The molecule has 3 heteroatoms. The van der Waals surface area contributed by atoms with Crippen LogP contribution in [-0.2, 0) is 12.8 Å². The molecule has 2 nitrogen and oxygen atoms in total. The monoisotopic (exact) mass is 274 g/mol. The molecular weight excluding hydrogens is 256 g/mol. The van der Waals surface area contributed by atoms with Gasteiger partial charge in [0.15, 0.2) is 0 Å². The smallest absolute Gasteiger partial charge is 0.0438 e. The van der Waals surface area contributed by atoms with Crippen LogP contribution in [0.2, 0.25) is 5.02 Å². The van der Waals surface area contributed by atoms with Gasteiger partial charge in [-0.05, 0) is 42.5 Å². The summed E-state index contributed by atoms with van der Waals surface area (Å²) in [6.07, 6.45) is 1.72. The van der Waals surface area contributed by atoms with E-state index >= 15 is 0 Å². The molecule has 0 radical (unpaired) electrons. The fraction of sp³-hybridized carbons (Fsp3) is 0.250. The van der Waals surface area contributed by atoms with Gasteiger partial charge in [-0.2, -0.15) is 0 Å². The minimum absolute atomic E-state index is 0.181. The van der Waals surface area contributed by atoms with Crippen LogP contribution < -0.4 is 11.3 Å². The number of hydrogen-bond donors (Lipinski definition) is 2. The molecule has 0 saturated carbocycles. The van der Waals surface area contributed by atoms with Crippen molar-refractivity contribution in [3.05, 3.63) is 70.2 Å². The highest BCUT2D eigenvalue weighted by atomic mass is 35.5. The largest absolute Gasteiger partial charge is 0.271 e. The van der Waals surface area contributed by atoms with Crippen LogP contribution in [0.1, 0.15) is 16.7 Å². The molecular formula is C16H19ClN2. The van der Waals surface area contributed by atoms with Crippen LogP contribution in [0.5, 0.6) is 0 Å². The molecule has 0 aromatic heterocycles. The van der Waals surface area contributed by atoms with Crippen molar-refractivity contribution in [1.29, 1.82) is 0 Å². The Hall–Kier alpha value is -1.35. The number of nitrogens with one attached hydrogen (secondary N) is 1. The van der Waals surface area contributed by atoms with E-state index in [1.54, 1.807) is 0 Å². The molecule has 2 aromatic carbocycles. The zero-order valence-corrected chi connectivity index (χ0v) is 11.8. The number of nitrogens with two attached hydrogens (primary N) is 1. The first-order valence-corrected chi connectivity index (χ1v) is 6.82. The lowest BCUT2D eigenvalue weighted by Crippen LogP contribution is -2.38. The number of rotatable bonds is 5. The molecule has 0 aliphatic heterocycles. The van der Waals surface area contributed by atoms with E-state index in [1.807, 2.05) is 24.3 Å². The quantitative estimate of drug-likeness (QED) is 0.649. The van der Waals surface area contributed by atoms with E-state index in [2.05, 4.69) is 36.6 Å². The highest BCUT2D eigenvalue weighted by Gasteiger charge is 2.11. The summed E-state index contributed by atoms with van der Waals surface area (Å²) >= 11 is 6.19. The van der Waals surface area contributed by atoms with Gasteiger partial charge in [0.1, 0.15) is 0 Å². The van der Waals surface area contributed by atoms with Crippen LogP contribution in [0.25, 0.3) is 0 Å². The first-order valence-electron chi connectivity index (χ1n) is 6.44. The fourth-order valence-corrected chi connectivity index (χ4v) is 2.44. The molecule has 0 spiro atoms. The van der Waals surface area contributed by atoms with Gasteiger partial charge in [-0.25, -0.2) is 0 Å². The minimum Gasteiger partial charge on any atom is -0.271 e. The standard InChI is InChI=1S/C16H19ClN2/c1-12-6-2-3-7-13(12)10-15(19-18)11-14-8-4-5-9-16(14)17/h2-9,15,19H,10-11,18H2,1H3. The van der Waals surface area contributed by atoms with Gasteiger partial charge in [-0.3, -0.25) is 11.3 Å². The maximum Gasteiger partial charge on any atom is 0.0438 e. The molecule has 3 N–H and O–H groups in total. The van der Waals surface area contributed by atoms with Gasteiger partial charge in [0.2, 0.25) is 0 Å². The average molecular weight is 275 g/mol. The zero-order chi connectivity index (χ0) is 13.7. The van der Waals surface area contributed by atoms with E-state index in [9.17, 15) is 0 Å². The molecule has 0 aliphatic carbocycles. The van der Waals surface area contributed by atoms with E-state index in [-0.39, 0.29) is 6.04 Å². The molecule has 0 saturated heterocycles. The fourth-order valence-electron chi connectivity index (χ4n) is 2.22. The summed E-state index contributed by atoms with van der Waals surface area (Å²) < 4.78 is 0. The van der Waals surface area contributed by atoms with Crippen molar-refractivity contribution >= 4 is 11.6 Å². The van der Waals surface area contributed by atoms with Crippen molar-refractivity contribution in [3.8, 4) is 0 Å². The van der Waals surface area contributed by atoms with Crippen molar-refractivity contribution in [3.63, 3.8) is 0 Å². The van der Waals surface area contributed by atoms with Gasteiger partial charge in [-0.15, -0.1) is 0 Å². The van der Waals surface area contributed by atoms with Crippen LogP contribution in [-0.4, -0.2) is 6.04 Å². The van der Waals surface area contributed by atoms with Crippen molar-refractivity contribution in [2.45, 2.75) is 25.8 Å². The Morgan fingerprint density at radius 1 is 1.00 bits per heavy atom. The minimum atomic E-state index is 0.181. The molecule has 0 bridgehead atoms. The number of halogens is 1. The van der Waals surface area contributed by atoms with Gasteiger partial charge in [0.25, 0.3) is 0 Å². The van der Waals surface area contributed by atoms with E-state index < -0.39 is 0 Å². The third kappa shape index (κ3) is 3.80. The maximum absolute atomic E-state index is 6.19. The number of hydrogen-bond acceptors (Lipinski definition) is 2. The molecule has 0 heterocycles. The topological polar surface area (TPSA) is 38.0 Å². The maximum atomic E-state index is 6.19. The molecule has 0 aliphatic rings.